The van der Waals surface area contributed by atoms with E-state index in [1.54, 1.807) is 0 Å². The summed E-state index contributed by atoms with van der Waals surface area (Å²) in [6.45, 7) is 4.19. The van der Waals surface area contributed by atoms with Gasteiger partial charge in [-0.2, -0.15) is 5.10 Å². The molecule has 3 rings (SSSR count). The monoisotopic (exact) mass is 421 g/mol. The number of hydrazone groups is 1. The predicted molar refractivity (Wildman–Crippen MR) is 104 cm³/mol. The normalized spacial score (nSPS) is 16.0. The van der Waals surface area contributed by atoms with E-state index in [4.69, 9.17) is 0 Å². The van der Waals surface area contributed by atoms with Gasteiger partial charge in [-0.25, -0.2) is 4.98 Å². The zero-order valence-electron chi connectivity index (χ0n) is 13.1. The van der Waals surface area contributed by atoms with E-state index in [1.807, 2.05) is 30.6 Å². The fraction of sp³-hybridized carbons (Fsp3) is 0.294. The molecular weight excluding hydrogens is 401 g/mol. The zero-order valence-corrected chi connectivity index (χ0v) is 15.3. The van der Waals surface area contributed by atoms with Crippen LogP contribution in [0, 0.1) is 3.57 Å². The minimum atomic E-state index is 0.981. The Hall–Kier alpha value is -1.67. The van der Waals surface area contributed by atoms with Gasteiger partial charge in [0, 0.05) is 35.9 Å². The molecule has 6 heteroatoms. The number of pyridine rings is 1. The smallest absolute Gasteiger partial charge is 0.129 e. The van der Waals surface area contributed by atoms with Crippen LogP contribution in [0.5, 0.6) is 0 Å². The maximum absolute atomic E-state index is 4.49. The minimum absolute atomic E-state index is 0.981. The van der Waals surface area contributed by atoms with Gasteiger partial charge in [-0.1, -0.05) is 0 Å². The van der Waals surface area contributed by atoms with Crippen LogP contribution in [0.15, 0.2) is 47.7 Å². The molecule has 0 spiro atoms. The molecule has 0 radical (unpaired) electrons. The lowest BCUT2D eigenvalue weighted by molar-refractivity contribution is 0.312. The molecule has 1 fully saturated rings. The molecule has 0 bridgehead atoms. The molecule has 2 heterocycles. The molecule has 1 aliphatic rings. The summed E-state index contributed by atoms with van der Waals surface area (Å²) in [5, 5.41) is 4.31. The van der Waals surface area contributed by atoms with Crippen molar-refractivity contribution >= 4 is 40.3 Å². The highest BCUT2D eigenvalue weighted by Gasteiger charge is 2.15. The highest BCUT2D eigenvalue weighted by atomic mass is 127. The lowest BCUT2D eigenvalue weighted by Gasteiger charge is -2.33. The number of benzene rings is 1. The van der Waals surface area contributed by atoms with Gasteiger partial charge in [0.1, 0.15) is 5.82 Å². The van der Waals surface area contributed by atoms with Crippen molar-refractivity contribution in [2.24, 2.45) is 5.10 Å². The first-order valence-corrected chi connectivity index (χ1v) is 8.73. The highest BCUT2D eigenvalue weighted by molar-refractivity contribution is 14.1. The Bertz CT molecular complexity index is 663. The van der Waals surface area contributed by atoms with Crippen LogP contribution in [-0.2, 0) is 0 Å². The summed E-state index contributed by atoms with van der Waals surface area (Å²) in [7, 11) is 2.16. The second kappa shape index (κ2) is 7.74. The summed E-state index contributed by atoms with van der Waals surface area (Å²) in [5.41, 5.74) is 5.08. The molecule has 1 saturated heterocycles. The Balaban J connectivity index is 1.63. The Labute approximate surface area is 150 Å². The third kappa shape index (κ3) is 4.65. The Morgan fingerprint density at radius 1 is 1.13 bits per heavy atom. The largest absolute Gasteiger partial charge is 0.354 e. The third-order valence-electron chi connectivity index (χ3n) is 3.85. The molecule has 0 unspecified atom stereocenters. The van der Waals surface area contributed by atoms with Crippen LogP contribution in [0.4, 0.5) is 11.5 Å². The number of aromatic nitrogens is 1. The number of halogens is 1. The molecule has 1 N–H and O–H groups in total. The molecule has 1 aromatic heterocycles. The molecule has 1 aromatic carbocycles. The van der Waals surface area contributed by atoms with E-state index in [0.717, 1.165) is 43.2 Å². The van der Waals surface area contributed by atoms with Crippen LogP contribution in [0.2, 0.25) is 0 Å². The summed E-state index contributed by atoms with van der Waals surface area (Å²) >= 11 is 2.29. The van der Waals surface area contributed by atoms with E-state index in [1.165, 1.54) is 3.57 Å². The predicted octanol–water partition coefficient (Wildman–Crippen LogP) is 2.88. The molecular formula is C17H20IN5. The number of piperazine rings is 1. The van der Waals surface area contributed by atoms with Gasteiger partial charge in [0.25, 0.3) is 0 Å². The van der Waals surface area contributed by atoms with Gasteiger partial charge in [0.05, 0.1) is 11.9 Å². The second-order valence-corrected chi connectivity index (χ2v) is 6.86. The number of likely N-dealkylation sites (N-methyl/N-ethyl adjacent to an activating group) is 1. The van der Waals surface area contributed by atoms with Crippen LogP contribution < -0.4 is 10.3 Å². The van der Waals surface area contributed by atoms with Gasteiger partial charge in [-0.3, -0.25) is 5.43 Å². The standard InChI is InChI=1S/C17H20IN5/c1-22-8-10-23(11-9-22)17-12-14(6-7-19-17)13-20-21-16-4-2-15(18)3-5-16/h2-7,12-13,21H,8-11H2,1H3. The van der Waals surface area contributed by atoms with Gasteiger partial charge in [0.15, 0.2) is 0 Å². The summed E-state index contributed by atoms with van der Waals surface area (Å²) in [6, 6.07) is 12.2. The van der Waals surface area contributed by atoms with Gasteiger partial charge in [-0.05, 0) is 71.6 Å². The van der Waals surface area contributed by atoms with Gasteiger partial charge >= 0.3 is 0 Å². The van der Waals surface area contributed by atoms with E-state index in [-0.39, 0.29) is 0 Å². The number of rotatable bonds is 4. The second-order valence-electron chi connectivity index (χ2n) is 5.61. The van der Waals surface area contributed by atoms with Crippen molar-refractivity contribution in [1.82, 2.24) is 9.88 Å². The average Bonchev–Trinajstić information content (AvgIpc) is 2.58. The first-order valence-electron chi connectivity index (χ1n) is 7.65. The molecule has 0 amide bonds. The average molecular weight is 421 g/mol. The summed E-state index contributed by atoms with van der Waals surface area (Å²) in [5.74, 6) is 1.02. The Kier molecular flexibility index (Phi) is 5.45. The maximum atomic E-state index is 4.49. The third-order valence-corrected chi connectivity index (χ3v) is 4.57. The quantitative estimate of drug-likeness (QED) is 0.469. The van der Waals surface area contributed by atoms with E-state index in [9.17, 15) is 0 Å². The van der Waals surface area contributed by atoms with Gasteiger partial charge in [-0.15, -0.1) is 0 Å². The highest BCUT2D eigenvalue weighted by Crippen LogP contribution is 2.14. The number of anilines is 2. The van der Waals surface area contributed by atoms with Crippen LogP contribution >= 0.6 is 22.6 Å². The first-order chi connectivity index (χ1) is 11.2. The molecule has 0 atom stereocenters. The summed E-state index contributed by atoms with van der Waals surface area (Å²) in [6.07, 6.45) is 3.68. The van der Waals surface area contributed by atoms with E-state index < -0.39 is 0 Å². The molecule has 1 aliphatic heterocycles. The number of hydrogen-bond donors (Lipinski definition) is 1. The zero-order chi connectivity index (χ0) is 16.1. The number of nitrogens with zero attached hydrogens (tertiary/aromatic N) is 4. The number of nitrogens with one attached hydrogen (secondary N) is 1. The van der Waals surface area contributed by atoms with Crippen molar-refractivity contribution in [2.75, 3.05) is 43.6 Å². The Morgan fingerprint density at radius 3 is 2.61 bits per heavy atom. The van der Waals surface area contributed by atoms with Crippen LogP contribution in [0.3, 0.4) is 0 Å². The first kappa shape index (κ1) is 16.2. The summed E-state index contributed by atoms with van der Waals surface area (Å²) < 4.78 is 1.21. The molecule has 23 heavy (non-hydrogen) atoms. The van der Waals surface area contributed by atoms with Crippen molar-refractivity contribution in [3.05, 3.63) is 51.7 Å². The molecule has 0 aliphatic carbocycles. The SMILES string of the molecule is CN1CCN(c2cc(C=NNc3ccc(I)cc3)ccn2)CC1. The fourth-order valence-corrected chi connectivity index (χ4v) is 2.79. The fourth-order valence-electron chi connectivity index (χ4n) is 2.43. The number of hydrogen-bond acceptors (Lipinski definition) is 5. The van der Waals surface area contributed by atoms with Crippen molar-refractivity contribution in [2.45, 2.75) is 0 Å². The van der Waals surface area contributed by atoms with Crippen LogP contribution in [0.25, 0.3) is 0 Å². The van der Waals surface area contributed by atoms with Gasteiger partial charge < -0.3 is 9.80 Å². The molecule has 120 valence electrons. The van der Waals surface area contributed by atoms with E-state index in [0.29, 0.717) is 0 Å². The van der Waals surface area contributed by atoms with E-state index in [2.05, 4.69) is 73.1 Å². The lowest BCUT2D eigenvalue weighted by atomic mass is 10.2. The maximum Gasteiger partial charge on any atom is 0.129 e. The molecule has 0 saturated carbocycles. The van der Waals surface area contributed by atoms with E-state index >= 15 is 0 Å². The topological polar surface area (TPSA) is 43.8 Å². The minimum Gasteiger partial charge on any atom is -0.354 e. The van der Waals surface area contributed by atoms with Gasteiger partial charge in [0.2, 0.25) is 0 Å². The molecule has 5 nitrogen and oxygen atoms in total. The Morgan fingerprint density at radius 2 is 1.87 bits per heavy atom. The lowest BCUT2D eigenvalue weighted by Crippen LogP contribution is -2.44. The van der Waals surface area contributed by atoms with Crippen molar-refractivity contribution in [3.8, 4) is 0 Å². The summed E-state index contributed by atoms with van der Waals surface area (Å²) in [4.78, 5) is 9.15. The van der Waals surface area contributed by atoms with Crippen molar-refractivity contribution in [3.63, 3.8) is 0 Å². The van der Waals surface area contributed by atoms with Crippen molar-refractivity contribution in [1.29, 1.82) is 0 Å². The van der Waals surface area contributed by atoms with Crippen molar-refractivity contribution < 1.29 is 0 Å². The van der Waals surface area contributed by atoms with Crippen LogP contribution in [0.1, 0.15) is 5.56 Å². The molecule has 2 aromatic rings. The van der Waals surface area contributed by atoms with Crippen LogP contribution in [-0.4, -0.2) is 49.3 Å².